The summed E-state index contributed by atoms with van der Waals surface area (Å²) < 4.78 is 38.6. The van der Waals surface area contributed by atoms with Crippen LogP contribution in [0.25, 0.3) is 0 Å². The Hall–Kier alpha value is -2.05. The molecule has 1 aromatic carbocycles. The molecule has 1 aromatic rings. The molecule has 0 aliphatic heterocycles. The number of carbonyl (C=O) groups is 2. The van der Waals surface area contributed by atoms with E-state index in [1.165, 1.54) is 44.7 Å². The Morgan fingerprint density at radius 2 is 1.84 bits per heavy atom. The zero-order chi connectivity index (χ0) is 18.4. The summed E-state index contributed by atoms with van der Waals surface area (Å²) in [6.45, 7) is 1.73. The molecule has 2 N–H and O–H groups in total. The second-order valence-electron chi connectivity index (χ2n) is 6.53. The summed E-state index contributed by atoms with van der Waals surface area (Å²) in [5.74, 6) is -1.09. The molecule has 1 fully saturated rings. The number of alkyl halides is 3. The van der Waals surface area contributed by atoms with Crippen molar-refractivity contribution >= 4 is 17.5 Å². The maximum absolute atomic E-state index is 12.9. The third-order valence-corrected chi connectivity index (χ3v) is 4.56. The minimum Gasteiger partial charge on any atom is -0.348 e. The molecule has 2 amide bonds. The maximum Gasteiger partial charge on any atom is 0.416 e. The van der Waals surface area contributed by atoms with Gasteiger partial charge in [0.1, 0.15) is 0 Å². The number of carbonyl (C=O) groups excluding carboxylic acids is 2. The molecule has 1 saturated carbocycles. The van der Waals surface area contributed by atoms with Crippen molar-refractivity contribution in [3.8, 4) is 0 Å². The van der Waals surface area contributed by atoms with E-state index in [1.54, 1.807) is 0 Å². The summed E-state index contributed by atoms with van der Waals surface area (Å²) in [4.78, 5) is 23.6. The molecule has 0 spiro atoms. The average molecular weight is 356 g/mol. The molecule has 25 heavy (non-hydrogen) atoms. The molecule has 7 heteroatoms. The average Bonchev–Trinajstić information content (AvgIpc) is 3.05. The lowest BCUT2D eigenvalue weighted by atomic mass is 10.0. The molecule has 0 heterocycles. The van der Waals surface area contributed by atoms with Crippen LogP contribution in [0.4, 0.5) is 18.9 Å². The predicted octanol–water partition coefficient (Wildman–Crippen LogP) is 4.04. The molecule has 2 rings (SSSR count). The van der Waals surface area contributed by atoms with Gasteiger partial charge in [0.05, 0.1) is 5.56 Å². The van der Waals surface area contributed by atoms with E-state index in [2.05, 4.69) is 10.6 Å². The molecular formula is C18H23F3N2O2. The number of rotatable bonds is 5. The lowest BCUT2D eigenvalue weighted by Crippen LogP contribution is -2.36. The van der Waals surface area contributed by atoms with Crippen LogP contribution in [0, 0.1) is 12.8 Å². The minimum atomic E-state index is -4.51. The zero-order valence-corrected chi connectivity index (χ0v) is 14.2. The van der Waals surface area contributed by atoms with Crippen molar-refractivity contribution in [2.24, 2.45) is 5.92 Å². The van der Waals surface area contributed by atoms with Gasteiger partial charge in [-0.15, -0.1) is 0 Å². The van der Waals surface area contributed by atoms with Crippen molar-refractivity contribution in [1.29, 1.82) is 0 Å². The molecule has 0 atom stereocenters. The van der Waals surface area contributed by atoms with Gasteiger partial charge in [0.25, 0.3) is 0 Å². The van der Waals surface area contributed by atoms with Gasteiger partial charge < -0.3 is 10.6 Å². The summed E-state index contributed by atoms with van der Waals surface area (Å²) in [7, 11) is 0. The van der Waals surface area contributed by atoms with Crippen LogP contribution in [0.15, 0.2) is 18.2 Å². The van der Waals surface area contributed by atoms with Crippen LogP contribution in [0.2, 0.25) is 0 Å². The lowest BCUT2D eigenvalue weighted by molar-refractivity contribution is -0.138. The Kier molecular flexibility index (Phi) is 6.45. The number of halogens is 3. The normalized spacial score (nSPS) is 15.2. The SMILES string of the molecule is Cc1ccc(NC(=O)C(=O)NCCCC2CCCC2)cc1C(F)(F)F. The number of hydrogen-bond acceptors (Lipinski definition) is 2. The van der Waals surface area contributed by atoms with Crippen molar-refractivity contribution in [2.75, 3.05) is 11.9 Å². The minimum absolute atomic E-state index is 0.0518. The van der Waals surface area contributed by atoms with E-state index >= 15 is 0 Å². The van der Waals surface area contributed by atoms with Gasteiger partial charge in [-0.1, -0.05) is 31.7 Å². The van der Waals surface area contributed by atoms with E-state index < -0.39 is 23.6 Å². The fraction of sp³-hybridized carbons (Fsp3) is 0.556. The van der Waals surface area contributed by atoms with Gasteiger partial charge in [-0.05, 0) is 43.4 Å². The van der Waals surface area contributed by atoms with Crippen molar-refractivity contribution in [3.05, 3.63) is 29.3 Å². The Labute approximate surface area is 145 Å². The molecule has 138 valence electrons. The van der Waals surface area contributed by atoms with Gasteiger partial charge in [-0.2, -0.15) is 13.2 Å². The molecule has 0 unspecified atom stereocenters. The molecule has 0 bridgehead atoms. The lowest BCUT2D eigenvalue weighted by Gasteiger charge is -2.13. The summed E-state index contributed by atoms with van der Waals surface area (Å²) in [5, 5.41) is 4.72. The molecule has 1 aliphatic carbocycles. The molecule has 0 radical (unpaired) electrons. The number of hydrogen-bond donors (Lipinski definition) is 2. The molecule has 1 aliphatic rings. The van der Waals surface area contributed by atoms with Crippen molar-refractivity contribution < 1.29 is 22.8 Å². The van der Waals surface area contributed by atoms with E-state index in [1.807, 2.05) is 0 Å². The van der Waals surface area contributed by atoms with Gasteiger partial charge in [-0.25, -0.2) is 0 Å². The highest BCUT2D eigenvalue weighted by Gasteiger charge is 2.32. The van der Waals surface area contributed by atoms with Crippen LogP contribution in [-0.4, -0.2) is 18.4 Å². The third kappa shape index (κ3) is 5.76. The summed E-state index contributed by atoms with van der Waals surface area (Å²) in [6, 6.07) is 3.44. The second kappa shape index (κ2) is 8.36. The highest BCUT2D eigenvalue weighted by Crippen LogP contribution is 2.33. The topological polar surface area (TPSA) is 58.2 Å². The van der Waals surface area contributed by atoms with E-state index in [0.29, 0.717) is 12.5 Å². The van der Waals surface area contributed by atoms with Crippen LogP contribution in [0.1, 0.15) is 49.7 Å². The van der Waals surface area contributed by atoms with E-state index in [0.717, 1.165) is 18.9 Å². The summed E-state index contributed by atoms with van der Waals surface area (Å²) in [5.41, 5.74) is -0.826. The quantitative estimate of drug-likeness (QED) is 0.618. The van der Waals surface area contributed by atoms with E-state index in [9.17, 15) is 22.8 Å². The summed E-state index contributed by atoms with van der Waals surface area (Å²) >= 11 is 0. The zero-order valence-electron chi connectivity index (χ0n) is 14.2. The van der Waals surface area contributed by atoms with Crippen LogP contribution >= 0.6 is 0 Å². The number of anilines is 1. The first kappa shape index (κ1) is 19.3. The molecular weight excluding hydrogens is 333 g/mol. The van der Waals surface area contributed by atoms with Crippen molar-refractivity contribution in [3.63, 3.8) is 0 Å². The number of nitrogens with one attached hydrogen (secondary N) is 2. The first-order valence-electron chi connectivity index (χ1n) is 8.54. The third-order valence-electron chi connectivity index (χ3n) is 4.56. The smallest absolute Gasteiger partial charge is 0.348 e. The Morgan fingerprint density at radius 3 is 2.48 bits per heavy atom. The van der Waals surface area contributed by atoms with Crippen molar-refractivity contribution in [1.82, 2.24) is 5.32 Å². The Morgan fingerprint density at radius 1 is 1.16 bits per heavy atom. The fourth-order valence-electron chi connectivity index (χ4n) is 3.16. The van der Waals surface area contributed by atoms with Gasteiger partial charge >= 0.3 is 18.0 Å². The highest BCUT2D eigenvalue weighted by atomic mass is 19.4. The molecule has 4 nitrogen and oxygen atoms in total. The second-order valence-corrected chi connectivity index (χ2v) is 6.53. The molecule has 0 aromatic heterocycles. The first-order valence-corrected chi connectivity index (χ1v) is 8.54. The number of benzene rings is 1. The predicted molar refractivity (Wildman–Crippen MR) is 89.0 cm³/mol. The summed E-state index contributed by atoms with van der Waals surface area (Å²) in [6.07, 6.45) is 2.28. The van der Waals surface area contributed by atoms with Gasteiger partial charge in [0.2, 0.25) is 0 Å². The van der Waals surface area contributed by atoms with Gasteiger partial charge in [0.15, 0.2) is 0 Å². The monoisotopic (exact) mass is 356 g/mol. The first-order chi connectivity index (χ1) is 11.8. The van der Waals surface area contributed by atoms with E-state index in [-0.39, 0.29) is 11.3 Å². The van der Waals surface area contributed by atoms with Crippen LogP contribution in [0.5, 0.6) is 0 Å². The van der Waals surface area contributed by atoms with Gasteiger partial charge in [-0.3, -0.25) is 9.59 Å². The largest absolute Gasteiger partial charge is 0.416 e. The van der Waals surface area contributed by atoms with Crippen molar-refractivity contribution in [2.45, 2.75) is 51.6 Å². The van der Waals surface area contributed by atoms with Crippen LogP contribution < -0.4 is 10.6 Å². The standard InChI is InChI=1S/C18H23F3N2O2/c1-12-8-9-14(11-15(12)18(19,20)21)23-17(25)16(24)22-10-4-7-13-5-2-3-6-13/h8-9,11,13H,2-7,10H2,1H3,(H,22,24)(H,23,25). The van der Waals surface area contributed by atoms with E-state index in [4.69, 9.17) is 0 Å². The number of amides is 2. The maximum atomic E-state index is 12.9. The van der Waals surface area contributed by atoms with Gasteiger partial charge in [0, 0.05) is 12.2 Å². The fourth-order valence-corrected chi connectivity index (χ4v) is 3.16. The Balaban J connectivity index is 1.81. The Bertz CT molecular complexity index is 623. The highest BCUT2D eigenvalue weighted by molar-refractivity contribution is 6.39. The van der Waals surface area contributed by atoms with Crippen LogP contribution in [-0.2, 0) is 15.8 Å². The molecule has 0 saturated heterocycles. The number of aryl methyl sites for hydroxylation is 1. The van der Waals surface area contributed by atoms with Crippen LogP contribution in [0.3, 0.4) is 0 Å².